The summed E-state index contributed by atoms with van der Waals surface area (Å²) >= 11 is 0. The van der Waals surface area contributed by atoms with Crippen molar-refractivity contribution in [1.29, 1.82) is 0 Å². The molecule has 0 heterocycles. The number of allylic oxidation sites excluding steroid dienone is 2. The number of ether oxygens (including phenoxy) is 1. The van der Waals surface area contributed by atoms with Gasteiger partial charge in [0.25, 0.3) is 0 Å². The van der Waals surface area contributed by atoms with E-state index in [9.17, 15) is 4.79 Å². The molecule has 2 heteroatoms. The lowest BCUT2D eigenvalue weighted by atomic mass is 9.96. The third-order valence-corrected chi connectivity index (χ3v) is 4.36. The molecule has 0 N–H and O–H groups in total. The predicted molar refractivity (Wildman–Crippen MR) is 82.5 cm³/mol. The van der Waals surface area contributed by atoms with Crippen LogP contribution in [0.3, 0.4) is 0 Å². The van der Waals surface area contributed by atoms with E-state index in [0.29, 0.717) is 6.61 Å². The van der Waals surface area contributed by atoms with Gasteiger partial charge in [-0.05, 0) is 62.2 Å². The Kier molecular flexibility index (Phi) is 5.87. The van der Waals surface area contributed by atoms with Crippen molar-refractivity contribution in [3.63, 3.8) is 0 Å². The maximum atomic E-state index is 12.1. The first-order valence-corrected chi connectivity index (χ1v) is 8.38. The van der Waals surface area contributed by atoms with E-state index in [-0.39, 0.29) is 11.9 Å². The van der Waals surface area contributed by atoms with E-state index in [1.54, 1.807) is 0 Å². The second-order valence-corrected chi connectivity index (χ2v) is 5.91. The Balaban J connectivity index is 1.95. The maximum Gasteiger partial charge on any atom is 0.317 e. The van der Waals surface area contributed by atoms with Crippen LogP contribution in [-0.2, 0) is 9.53 Å². The molecule has 2 aliphatic carbocycles. The lowest BCUT2D eigenvalue weighted by molar-refractivity contribution is -0.144. The molecule has 0 aromatic rings. The Hall–Kier alpha value is -1.05. The molecule has 0 fully saturated rings. The van der Waals surface area contributed by atoms with Gasteiger partial charge in [-0.2, -0.15) is 0 Å². The molecular weight excluding hydrogens is 248 g/mol. The van der Waals surface area contributed by atoms with E-state index in [4.69, 9.17) is 4.74 Å². The molecule has 0 radical (unpaired) electrons. The van der Waals surface area contributed by atoms with Gasteiger partial charge in [0.2, 0.25) is 0 Å². The first-order valence-electron chi connectivity index (χ1n) is 8.38. The van der Waals surface area contributed by atoms with Gasteiger partial charge >= 0.3 is 5.97 Å². The summed E-state index contributed by atoms with van der Waals surface area (Å²) in [5.74, 6) is 0.000363. The van der Waals surface area contributed by atoms with Crippen LogP contribution in [0.4, 0.5) is 0 Å². The van der Waals surface area contributed by atoms with Crippen LogP contribution in [0, 0.1) is 5.92 Å². The van der Waals surface area contributed by atoms with Gasteiger partial charge in [0.05, 0.1) is 6.61 Å². The van der Waals surface area contributed by atoms with Crippen LogP contribution in [0.25, 0.3) is 0 Å². The zero-order valence-corrected chi connectivity index (χ0v) is 13.0. The van der Waals surface area contributed by atoms with E-state index in [1.807, 2.05) is 6.92 Å². The Labute approximate surface area is 123 Å². The highest BCUT2D eigenvalue weighted by molar-refractivity contribution is 5.88. The topological polar surface area (TPSA) is 26.3 Å². The van der Waals surface area contributed by atoms with E-state index < -0.39 is 0 Å². The minimum Gasteiger partial charge on any atom is -0.465 e. The molecule has 2 aliphatic rings. The molecule has 112 valence electrons. The molecule has 1 atom stereocenters. The largest absolute Gasteiger partial charge is 0.465 e. The van der Waals surface area contributed by atoms with Crippen LogP contribution in [0.15, 0.2) is 22.8 Å². The Morgan fingerprint density at radius 2 is 2.10 bits per heavy atom. The Morgan fingerprint density at radius 1 is 1.25 bits per heavy atom. The van der Waals surface area contributed by atoms with Gasteiger partial charge in [0.1, 0.15) is 5.92 Å². The highest BCUT2D eigenvalue weighted by Gasteiger charge is 2.44. The van der Waals surface area contributed by atoms with Crippen molar-refractivity contribution >= 4 is 5.97 Å². The molecular formula is C18H28O2. The normalized spacial score (nSPS) is 21.7. The quantitative estimate of drug-likeness (QED) is 0.463. The highest BCUT2D eigenvalue weighted by Crippen LogP contribution is 2.50. The van der Waals surface area contributed by atoms with Gasteiger partial charge in [-0.25, -0.2) is 0 Å². The first-order chi connectivity index (χ1) is 9.79. The fraction of sp³-hybridized carbons (Fsp3) is 0.722. The molecule has 0 amide bonds. The summed E-state index contributed by atoms with van der Waals surface area (Å²) < 4.78 is 5.24. The van der Waals surface area contributed by atoms with Crippen molar-refractivity contribution in [1.82, 2.24) is 0 Å². The summed E-state index contributed by atoms with van der Waals surface area (Å²) in [4.78, 5) is 12.1. The van der Waals surface area contributed by atoms with Crippen LogP contribution >= 0.6 is 0 Å². The molecule has 0 aromatic carbocycles. The molecule has 0 saturated carbocycles. The lowest BCUT2D eigenvalue weighted by Gasteiger charge is -2.10. The van der Waals surface area contributed by atoms with Crippen LogP contribution in [0.2, 0.25) is 0 Å². The molecule has 0 spiro atoms. The van der Waals surface area contributed by atoms with Gasteiger partial charge in [0, 0.05) is 0 Å². The van der Waals surface area contributed by atoms with Crippen LogP contribution in [-0.4, -0.2) is 12.6 Å². The zero-order chi connectivity index (χ0) is 14.4. The molecule has 0 bridgehead atoms. The molecule has 0 aliphatic heterocycles. The summed E-state index contributed by atoms with van der Waals surface area (Å²) in [5, 5.41) is 0. The summed E-state index contributed by atoms with van der Waals surface area (Å²) in [7, 11) is 0. The van der Waals surface area contributed by atoms with E-state index >= 15 is 0 Å². The number of rotatable bonds is 8. The fourth-order valence-electron chi connectivity index (χ4n) is 3.25. The number of hydrogen-bond acceptors (Lipinski definition) is 2. The van der Waals surface area contributed by atoms with Crippen LogP contribution < -0.4 is 0 Å². The van der Waals surface area contributed by atoms with Crippen molar-refractivity contribution in [2.24, 2.45) is 5.92 Å². The van der Waals surface area contributed by atoms with Crippen molar-refractivity contribution in [3.05, 3.63) is 22.8 Å². The van der Waals surface area contributed by atoms with Crippen molar-refractivity contribution < 1.29 is 9.53 Å². The highest BCUT2D eigenvalue weighted by atomic mass is 16.5. The average molecular weight is 276 g/mol. The standard InChI is InChI=1S/C18H28O2/c1-3-5-6-10-13-15-16(14-11-8-7-9-12-14)17(15)18(19)20-4-2/h11,17H,3-10,12-13H2,1-2H3. The molecule has 2 nitrogen and oxygen atoms in total. The second-order valence-electron chi connectivity index (χ2n) is 5.91. The number of unbranched alkanes of at least 4 members (excludes halogenated alkanes) is 3. The predicted octanol–water partition coefficient (Wildman–Crippen LogP) is 4.95. The van der Waals surface area contributed by atoms with E-state index in [0.717, 1.165) is 12.8 Å². The maximum absolute atomic E-state index is 12.1. The summed E-state index contributed by atoms with van der Waals surface area (Å²) in [6.45, 7) is 4.61. The van der Waals surface area contributed by atoms with Crippen molar-refractivity contribution in [2.75, 3.05) is 6.61 Å². The summed E-state index contributed by atoms with van der Waals surface area (Å²) in [6.07, 6.45) is 13.4. The van der Waals surface area contributed by atoms with Crippen LogP contribution in [0.5, 0.6) is 0 Å². The van der Waals surface area contributed by atoms with Crippen molar-refractivity contribution in [3.8, 4) is 0 Å². The average Bonchev–Trinajstić information content (AvgIpc) is 3.19. The number of hydrogen-bond donors (Lipinski definition) is 0. The molecule has 0 saturated heterocycles. The molecule has 1 unspecified atom stereocenters. The minimum atomic E-state index is -0.0144. The van der Waals surface area contributed by atoms with Gasteiger partial charge in [-0.3, -0.25) is 4.79 Å². The minimum absolute atomic E-state index is 0.0144. The monoisotopic (exact) mass is 276 g/mol. The first kappa shape index (κ1) is 15.3. The van der Waals surface area contributed by atoms with Gasteiger partial charge in [-0.1, -0.05) is 32.3 Å². The lowest BCUT2D eigenvalue weighted by Crippen LogP contribution is -2.10. The Bertz CT molecular complexity index is 404. The number of carbonyl (C=O) groups is 1. The van der Waals surface area contributed by atoms with Crippen molar-refractivity contribution in [2.45, 2.75) is 71.6 Å². The molecule has 20 heavy (non-hydrogen) atoms. The number of esters is 1. The van der Waals surface area contributed by atoms with Gasteiger partial charge in [-0.15, -0.1) is 0 Å². The van der Waals surface area contributed by atoms with Gasteiger partial charge in [0.15, 0.2) is 0 Å². The van der Waals surface area contributed by atoms with E-state index in [2.05, 4.69) is 13.0 Å². The van der Waals surface area contributed by atoms with Gasteiger partial charge < -0.3 is 4.74 Å². The van der Waals surface area contributed by atoms with Crippen LogP contribution in [0.1, 0.15) is 71.6 Å². The summed E-state index contributed by atoms with van der Waals surface area (Å²) in [5.41, 5.74) is 4.17. The summed E-state index contributed by atoms with van der Waals surface area (Å²) in [6, 6.07) is 0. The third-order valence-electron chi connectivity index (χ3n) is 4.36. The third kappa shape index (κ3) is 3.74. The second kappa shape index (κ2) is 7.66. The zero-order valence-electron chi connectivity index (χ0n) is 13.0. The molecule has 2 rings (SSSR count). The fourth-order valence-corrected chi connectivity index (χ4v) is 3.25. The molecule has 0 aromatic heterocycles. The Morgan fingerprint density at radius 3 is 2.75 bits per heavy atom. The number of carbonyl (C=O) groups excluding carboxylic acids is 1. The van der Waals surface area contributed by atoms with E-state index in [1.165, 1.54) is 61.7 Å². The SMILES string of the molecule is CCCCCCC1=C(C2=CCCCC2)C1C(=O)OCC. The smallest absolute Gasteiger partial charge is 0.317 e.